The van der Waals surface area contributed by atoms with Crippen LogP contribution < -0.4 is 5.73 Å². The van der Waals surface area contributed by atoms with Gasteiger partial charge in [-0.1, -0.05) is 6.92 Å². The summed E-state index contributed by atoms with van der Waals surface area (Å²) in [5.74, 6) is 0.398. The molecule has 0 aromatic carbocycles. The van der Waals surface area contributed by atoms with Crippen LogP contribution in [-0.4, -0.2) is 30.1 Å². The van der Waals surface area contributed by atoms with Gasteiger partial charge in [-0.15, -0.1) is 0 Å². The van der Waals surface area contributed by atoms with Crippen LogP contribution in [0.15, 0.2) is 18.5 Å². The van der Waals surface area contributed by atoms with E-state index in [-0.39, 0.29) is 17.5 Å². The van der Waals surface area contributed by atoms with Gasteiger partial charge in [-0.3, -0.25) is 0 Å². The van der Waals surface area contributed by atoms with Crippen molar-refractivity contribution in [2.24, 2.45) is 5.73 Å². The Morgan fingerprint density at radius 3 is 2.75 bits per heavy atom. The van der Waals surface area contributed by atoms with Crippen molar-refractivity contribution < 1.29 is 8.42 Å². The van der Waals surface area contributed by atoms with Gasteiger partial charge in [-0.05, 0) is 24.5 Å². The molecule has 0 radical (unpaired) electrons. The minimum Gasteiger partial charge on any atom is -0.324 e. The van der Waals surface area contributed by atoms with Crippen LogP contribution in [-0.2, 0) is 9.84 Å². The van der Waals surface area contributed by atoms with Gasteiger partial charge in [0, 0.05) is 18.0 Å². The highest BCUT2D eigenvalue weighted by Crippen LogP contribution is 2.14. The molecule has 0 aliphatic heterocycles. The Kier molecular flexibility index (Phi) is 4.82. The van der Waals surface area contributed by atoms with E-state index in [0.717, 1.165) is 5.56 Å². The SMILES string of the molecule is CCS(=O)(=O)CCCC(N)c1ccnnc1. The fourth-order valence-corrected chi connectivity index (χ4v) is 2.25. The van der Waals surface area contributed by atoms with E-state index in [1.165, 1.54) is 0 Å². The van der Waals surface area contributed by atoms with Crippen molar-refractivity contribution in [1.82, 2.24) is 10.2 Å². The van der Waals surface area contributed by atoms with E-state index in [0.29, 0.717) is 12.8 Å². The molecule has 0 saturated carbocycles. The Balaban J connectivity index is 2.40. The molecule has 1 rings (SSSR count). The van der Waals surface area contributed by atoms with Crippen molar-refractivity contribution in [1.29, 1.82) is 0 Å². The lowest BCUT2D eigenvalue weighted by Crippen LogP contribution is -2.14. The second-order valence-electron chi connectivity index (χ2n) is 3.66. The predicted octanol–water partition coefficient (Wildman–Crippen LogP) is 0.691. The first-order valence-electron chi connectivity index (χ1n) is 5.28. The first kappa shape index (κ1) is 13.1. The van der Waals surface area contributed by atoms with E-state index >= 15 is 0 Å². The van der Waals surface area contributed by atoms with Crippen molar-refractivity contribution >= 4 is 9.84 Å². The number of rotatable bonds is 6. The third kappa shape index (κ3) is 4.24. The zero-order chi connectivity index (χ0) is 12.0. The average molecular weight is 243 g/mol. The van der Waals surface area contributed by atoms with Gasteiger partial charge in [0.05, 0.1) is 11.9 Å². The summed E-state index contributed by atoms with van der Waals surface area (Å²) in [6, 6.07) is 1.63. The van der Waals surface area contributed by atoms with Gasteiger partial charge < -0.3 is 5.73 Å². The van der Waals surface area contributed by atoms with E-state index in [1.54, 1.807) is 25.4 Å². The molecule has 0 spiro atoms. The number of nitrogens with two attached hydrogens (primary N) is 1. The van der Waals surface area contributed by atoms with Crippen LogP contribution in [0.2, 0.25) is 0 Å². The molecular formula is C10H17N3O2S. The van der Waals surface area contributed by atoms with Crippen molar-refractivity contribution in [3.8, 4) is 0 Å². The van der Waals surface area contributed by atoms with Crippen LogP contribution in [0.1, 0.15) is 31.4 Å². The zero-order valence-corrected chi connectivity index (χ0v) is 10.2. The van der Waals surface area contributed by atoms with E-state index < -0.39 is 9.84 Å². The maximum absolute atomic E-state index is 11.3. The van der Waals surface area contributed by atoms with Gasteiger partial charge in [0.2, 0.25) is 0 Å². The molecule has 16 heavy (non-hydrogen) atoms. The Hall–Kier alpha value is -1.01. The summed E-state index contributed by atoms with van der Waals surface area (Å²) < 4.78 is 22.5. The first-order chi connectivity index (χ1) is 7.55. The first-order valence-corrected chi connectivity index (χ1v) is 7.10. The average Bonchev–Trinajstić information content (AvgIpc) is 2.30. The fourth-order valence-electron chi connectivity index (χ4n) is 1.35. The second kappa shape index (κ2) is 5.91. The summed E-state index contributed by atoms with van der Waals surface area (Å²) in [6.07, 6.45) is 4.42. The Morgan fingerprint density at radius 2 is 2.19 bits per heavy atom. The van der Waals surface area contributed by atoms with Crippen LogP contribution >= 0.6 is 0 Å². The smallest absolute Gasteiger partial charge is 0.150 e. The van der Waals surface area contributed by atoms with Gasteiger partial charge >= 0.3 is 0 Å². The summed E-state index contributed by atoms with van der Waals surface area (Å²) >= 11 is 0. The summed E-state index contributed by atoms with van der Waals surface area (Å²) in [7, 11) is -2.88. The van der Waals surface area contributed by atoms with E-state index in [4.69, 9.17) is 5.73 Å². The molecule has 0 bridgehead atoms. The molecule has 1 atom stereocenters. The van der Waals surface area contributed by atoms with Crippen molar-refractivity contribution in [2.45, 2.75) is 25.8 Å². The molecule has 1 aromatic heterocycles. The molecule has 90 valence electrons. The molecular weight excluding hydrogens is 226 g/mol. The van der Waals surface area contributed by atoms with Crippen LogP contribution in [0, 0.1) is 0 Å². The Morgan fingerprint density at radius 1 is 1.44 bits per heavy atom. The number of nitrogens with zero attached hydrogens (tertiary/aromatic N) is 2. The maximum Gasteiger partial charge on any atom is 0.150 e. The van der Waals surface area contributed by atoms with Gasteiger partial charge in [0.25, 0.3) is 0 Å². The maximum atomic E-state index is 11.3. The molecule has 0 aliphatic carbocycles. The molecule has 0 amide bonds. The number of hydrogen-bond acceptors (Lipinski definition) is 5. The lowest BCUT2D eigenvalue weighted by molar-refractivity contribution is 0.583. The molecule has 1 aromatic rings. The quantitative estimate of drug-likeness (QED) is 0.794. The normalized spacial score (nSPS) is 13.6. The van der Waals surface area contributed by atoms with E-state index in [1.807, 2.05) is 0 Å². The summed E-state index contributed by atoms with van der Waals surface area (Å²) in [5, 5.41) is 7.39. The van der Waals surface area contributed by atoms with E-state index in [2.05, 4.69) is 10.2 Å². The minimum atomic E-state index is -2.88. The highest BCUT2D eigenvalue weighted by atomic mass is 32.2. The zero-order valence-electron chi connectivity index (χ0n) is 9.33. The van der Waals surface area contributed by atoms with Crippen molar-refractivity contribution in [2.75, 3.05) is 11.5 Å². The van der Waals surface area contributed by atoms with Crippen molar-refractivity contribution in [3.05, 3.63) is 24.0 Å². The highest BCUT2D eigenvalue weighted by Gasteiger charge is 2.10. The minimum absolute atomic E-state index is 0.164. The Labute approximate surface area is 96.0 Å². The number of sulfone groups is 1. The largest absolute Gasteiger partial charge is 0.324 e. The molecule has 0 saturated heterocycles. The topological polar surface area (TPSA) is 85.9 Å². The summed E-state index contributed by atoms with van der Waals surface area (Å²) in [4.78, 5) is 0. The Bertz CT molecular complexity index is 405. The molecule has 0 aliphatic rings. The second-order valence-corrected chi connectivity index (χ2v) is 6.13. The van der Waals surface area contributed by atoms with E-state index in [9.17, 15) is 8.42 Å². The van der Waals surface area contributed by atoms with Crippen molar-refractivity contribution in [3.63, 3.8) is 0 Å². The van der Waals surface area contributed by atoms with Gasteiger partial charge in [0.1, 0.15) is 9.84 Å². The molecule has 6 heteroatoms. The third-order valence-electron chi connectivity index (χ3n) is 2.45. The molecule has 0 fully saturated rings. The monoisotopic (exact) mass is 243 g/mol. The summed E-state index contributed by atoms with van der Waals surface area (Å²) in [5.41, 5.74) is 6.80. The lowest BCUT2D eigenvalue weighted by atomic mass is 10.1. The van der Waals surface area contributed by atoms with Crippen LogP contribution in [0.5, 0.6) is 0 Å². The molecule has 1 unspecified atom stereocenters. The molecule has 5 nitrogen and oxygen atoms in total. The van der Waals surface area contributed by atoms with Gasteiger partial charge in [-0.2, -0.15) is 10.2 Å². The van der Waals surface area contributed by atoms with Crippen LogP contribution in [0.3, 0.4) is 0 Å². The molecule has 2 N–H and O–H groups in total. The van der Waals surface area contributed by atoms with Gasteiger partial charge in [0.15, 0.2) is 0 Å². The third-order valence-corrected chi connectivity index (χ3v) is 4.24. The van der Waals surface area contributed by atoms with Crippen LogP contribution in [0.25, 0.3) is 0 Å². The van der Waals surface area contributed by atoms with Crippen LogP contribution in [0.4, 0.5) is 0 Å². The number of hydrogen-bond donors (Lipinski definition) is 1. The number of aromatic nitrogens is 2. The predicted molar refractivity (Wildman–Crippen MR) is 62.5 cm³/mol. The van der Waals surface area contributed by atoms with Gasteiger partial charge in [-0.25, -0.2) is 8.42 Å². The highest BCUT2D eigenvalue weighted by molar-refractivity contribution is 7.91. The lowest BCUT2D eigenvalue weighted by Gasteiger charge is -2.10. The fraction of sp³-hybridized carbons (Fsp3) is 0.600. The standard InChI is InChI=1S/C10H17N3O2S/c1-2-16(14,15)7-3-4-10(11)9-5-6-12-13-8-9/h5-6,8,10H,2-4,7,11H2,1H3. The molecule has 1 heterocycles. The summed E-state index contributed by atoms with van der Waals surface area (Å²) in [6.45, 7) is 1.65.